The zero-order chi connectivity index (χ0) is 8.55. The van der Waals surface area contributed by atoms with Gasteiger partial charge in [-0.05, 0) is 0 Å². The van der Waals surface area contributed by atoms with E-state index in [1.165, 1.54) is 0 Å². The van der Waals surface area contributed by atoms with Crippen LogP contribution in [0.25, 0.3) is 0 Å². The van der Waals surface area contributed by atoms with Gasteiger partial charge in [0, 0.05) is 6.42 Å². The lowest BCUT2D eigenvalue weighted by Crippen LogP contribution is -2.13. The Kier molecular flexibility index (Phi) is 1.62. The fourth-order valence-corrected chi connectivity index (χ4v) is 1.25. The van der Waals surface area contributed by atoms with Gasteiger partial charge in [-0.15, -0.1) is 0 Å². The molecule has 0 saturated heterocycles. The standard InChI is InChI=1S/C8H8O4/c9-6-3-8(10)12-7-1-2-11-4-5(6)7/h3,9H,1-2,4H2. The average Bonchev–Trinajstić information content (AvgIpc) is 2.04. The first-order valence-corrected chi connectivity index (χ1v) is 3.70. The first kappa shape index (κ1) is 7.36. The highest BCUT2D eigenvalue weighted by Crippen LogP contribution is 2.23. The van der Waals surface area contributed by atoms with Gasteiger partial charge in [-0.3, -0.25) is 0 Å². The summed E-state index contributed by atoms with van der Waals surface area (Å²) in [6.45, 7) is 0.865. The topological polar surface area (TPSA) is 59.7 Å². The molecule has 0 fully saturated rings. The summed E-state index contributed by atoms with van der Waals surface area (Å²) in [4.78, 5) is 10.8. The molecule has 12 heavy (non-hydrogen) atoms. The van der Waals surface area contributed by atoms with Crippen molar-refractivity contribution in [1.82, 2.24) is 0 Å². The van der Waals surface area contributed by atoms with Gasteiger partial charge in [-0.2, -0.15) is 0 Å². The van der Waals surface area contributed by atoms with E-state index < -0.39 is 5.63 Å². The Bertz CT molecular complexity index is 353. The molecule has 0 radical (unpaired) electrons. The number of aromatic hydroxyl groups is 1. The summed E-state index contributed by atoms with van der Waals surface area (Å²) in [6.07, 6.45) is 0.555. The highest BCUT2D eigenvalue weighted by Gasteiger charge is 2.16. The Balaban J connectivity index is 2.60. The smallest absolute Gasteiger partial charge is 0.339 e. The van der Waals surface area contributed by atoms with E-state index in [1.54, 1.807) is 0 Å². The normalized spacial score (nSPS) is 15.7. The minimum absolute atomic E-state index is 0.0269. The number of ether oxygens (including phenoxy) is 1. The second-order valence-corrected chi connectivity index (χ2v) is 2.65. The van der Waals surface area contributed by atoms with Crippen LogP contribution in [0, 0.1) is 0 Å². The maximum absolute atomic E-state index is 10.8. The third-order valence-corrected chi connectivity index (χ3v) is 1.84. The Hall–Kier alpha value is -1.29. The molecule has 2 heterocycles. The summed E-state index contributed by atoms with van der Waals surface area (Å²) in [6, 6.07) is 1.06. The first-order chi connectivity index (χ1) is 5.77. The SMILES string of the molecule is O=c1cc(O)c2c(o1)CCOC2. The summed E-state index contributed by atoms with van der Waals surface area (Å²) in [5.74, 6) is 0.521. The van der Waals surface area contributed by atoms with Gasteiger partial charge in [0.1, 0.15) is 11.5 Å². The molecule has 0 atom stereocenters. The van der Waals surface area contributed by atoms with Crippen LogP contribution in [-0.2, 0) is 17.8 Å². The second kappa shape index (κ2) is 2.64. The molecule has 1 aromatic heterocycles. The molecule has 0 amide bonds. The van der Waals surface area contributed by atoms with Crippen molar-refractivity contribution in [1.29, 1.82) is 0 Å². The molecule has 0 aliphatic carbocycles. The average molecular weight is 168 g/mol. The number of hydrogen-bond donors (Lipinski definition) is 1. The van der Waals surface area contributed by atoms with Crippen LogP contribution in [0.3, 0.4) is 0 Å². The predicted octanol–water partition coefficient (Wildman–Crippen LogP) is 0.418. The van der Waals surface area contributed by atoms with Gasteiger partial charge in [0.2, 0.25) is 0 Å². The summed E-state index contributed by atoms with van der Waals surface area (Å²) < 4.78 is 9.98. The van der Waals surface area contributed by atoms with Crippen molar-refractivity contribution >= 4 is 0 Å². The van der Waals surface area contributed by atoms with Crippen molar-refractivity contribution in [3.8, 4) is 5.75 Å². The number of rotatable bonds is 0. The Labute approximate surface area is 68.4 Å². The first-order valence-electron chi connectivity index (χ1n) is 3.70. The molecule has 0 unspecified atom stereocenters. The van der Waals surface area contributed by atoms with E-state index in [4.69, 9.17) is 9.15 Å². The van der Waals surface area contributed by atoms with Crippen LogP contribution >= 0.6 is 0 Å². The monoisotopic (exact) mass is 168 g/mol. The van der Waals surface area contributed by atoms with Gasteiger partial charge >= 0.3 is 5.63 Å². The third kappa shape index (κ3) is 1.10. The Morgan fingerprint density at radius 3 is 3.17 bits per heavy atom. The predicted molar refractivity (Wildman–Crippen MR) is 40.0 cm³/mol. The number of fused-ring (bicyclic) bond motifs is 1. The molecule has 4 heteroatoms. The molecule has 64 valence electrons. The Morgan fingerprint density at radius 2 is 2.33 bits per heavy atom. The van der Waals surface area contributed by atoms with Crippen molar-refractivity contribution in [2.45, 2.75) is 13.0 Å². The van der Waals surface area contributed by atoms with Crippen LogP contribution in [0.4, 0.5) is 0 Å². The van der Waals surface area contributed by atoms with Crippen LogP contribution in [0.15, 0.2) is 15.3 Å². The van der Waals surface area contributed by atoms with Crippen molar-refractivity contribution < 1.29 is 14.3 Å². The molecule has 2 rings (SSSR count). The molecule has 1 aliphatic rings. The molecular formula is C8H8O4. The quantitative estimate of drug-likeness (QED) is 0.609. The van der Waals surface area contributed by atoms with E-state index in [0.29, 0.717) is 31.0 Å². The van der Waals surface area contributed by atoms with Crippen molar-refractivity contribution in [2.24, 2.45) is 0 Å². The zero-order valence-electron chi connectivity index (χ0n) is 6.37. The highest BCUT2D eigenvalue weighted by atomic mass is 16.5. The van der Waals surface area contributed by atoms with Crippen LogP contribution < -0.4 is 5.63 Å². The number of hydrogen-bond acceptors (Lipinski definition) is 4. The lowest BCUT2D eigenvalue weighted by atomic mass is 10.1. The van der Waals surface area contributed by atoms with Gasteiger partial charge in [-0.1, -0.05) is 0 Å². The van der Waals surface area contributed by atoms with E-state index in [0.717, 1.165) is 6.07 Å². The highest BCUT2D eigenvalue weighted by molar-refractivity contribution is 5.33. The molecule has 1 N–H and O–H groups in total. The maximum atomic E-state index is 10.8. The van der Waals surface area contributed by atoms with E-state index in [9.17, 15) is 9.90 Å². The van der Waals surface area contributed by atoms with Crippen LogP contribution in [0.1, 0.15) is 11.3 Å². The molecule has 4 nitrogen and oxygen atoms in total. The largest absolute Gasteiger partial charge is 0.507 e. The van der Waals surface area contributed by atoms with Crippen LogP contribution in [0.2, 0.25) is 0 Å². The van der Waals surface area contributed by atoms with Crippen LogP contribution in [0.5, 0.6) is 5.75 Å². The summed E-state index contributed by atoms with van der Waals surface area (Å²) >= 11 is 0. The molecule has 0 bridgehead atoms. The lowest BCUT2D eigenvalue weighted by molar-refractivity contribution is 0.0975. The van der Waals surface area contributed by atoms with E-state index in [2.05, 4.69) is 0 Å². The molecule has 0 aromatic carbocycles. The lowest BCUT2D eigenvalue weighted by Gasteiger charge is -2.14. The van der Waals surface area contributed by atoms with E-state index >= 15 is 0 Å². The molecule has 1 aliphatic heterocycles. The van der Waals surface area contributed by atoms with Gasteiger partial charge in [0.15, 0.2) is 0 Å². The second-order valence-electron chi connectivity index (χ2n) is 2.65. The molecular weight excluding hydrogens is 160 g/mol. The van der Waals surface area contributed by atoms with Crippen molar-refractivity contribution in [2.75, 3.05) is 6.61 Å². The Morgan fingerprint density at radius 1 is 1.50 bits per heavy atom. The summed E-state index contributed by atoms with van der Waals surface area (Å²) in [7, 11) is 0. The molecule has 0 spiro atoms. The maximum Gasteiger partial charge on any atom is 0.339 e. The van der Waals surface area contributed by atoms with Gasteiger partial charge in [0.05, 0.1) is 24.8 Å². The van der Waals surface area contributed by atoms with Gasteiger partial charge < -0.3 is 14.3 Å². The zero-order valence-corrected chi connectivity index (χ0v) is 6.37. The van der Waals surface area contributed by atoms with E-state index in [1.807, 2.05) is 0 Å². The van der Waals surface area contributed by atoms with Gasteiger partial charge in [0.25, 0.3) is 0 Å². The summed E-state index contributed by atoms with van der Waals surface area (Å²) in [5.41, 5.74) is 0.0917. The minimum atomic E-state index is -0.506. The molecule has 1 aromatic rings. The minimum Gasteiger partial charge on any atom is -0.507 e. The van der Waals surface area contributed by atoms with Gasteiger partial charge in [-0.25, -0.2) is 4.79 Å². The molecule has 0 saturated carbocycles. The third-order valence-electron chi connectivity index (χ3n) is 1.84. The fraction of sp³-hybridized carbons (Fsp3) is 0.375. The van der Waals surface area contributed by atoms with Crippen molar-refractivity contribution in [3.63, 3.8) is 0 Å². The van der Waals surface area contributed by atoms with E-state index in [-0.39, 0.29) is 5.75 Å². The fourth-order valence-electron chi connectivity index (χ4n) is 1.25. The van der Waals surface area contributed by atoms with Crippen molar-refractivity contribution in [3.05, 3.63) is 27.8 Å². The van der Waals surface area contributed by atoms with Crippen LogP contribution in [-0.4, -0.2) is 11.7 Å². The summed E-state index contributed by atoms with van der Waals surface area (Å²) in [5, 5.41) is 9.30.